The number of nitrogens with one attached hydrogen (secondary N) is 4. The fraction of sp³-hybridized carbons (Fsp3) is 0.488. The van der Waals surface area contributed by atoms with Crippen molar-refractivity contribution in [3.05, 3.63) is 83.9 Å². The third-order valence-electron chi connectivity index (χ3n) is 7.43. The molecule has 0 aromatic heterocycles. The second-order valence-electron chi connectivity index (χ2n) is 15.1. The minimum atomic E-state index is -1.53. The Morgan fingerprint density at radius 1 is 0.661 bits per heavy atom. The van der Waals surface area contributed by atoms with Crippen LogP contribution >= 0.6 is 0 Å². The number of carbonyl (C=O) groups is 7. The van der Waals surface area contributed by atoms with Crippen LogP contribution in [0.4, 0.5) is 4.79 Å². The van der Waals surface area contributed by atoms with Gasteiger partial charge in [0.15, 0.2) is 0 Å². The Balaban J connectivity index is 2.37. The molecule has 2 rings (SSSR count). The maximum Gasteiger partial charge on any atom is 0.408 e. The zero-order chi connectivity index (χ0) is 42.1. The van der Waals surface area contributed by atoms with Gasteiger partial charge in [0, 0.05) is 6.08 Å². The van der Waals surface area contributed by atoms with Gasteiger partial charge in [-0.3, -0.25) is 24.0 Å². The van der Waals surface area contributed by atoms with E-state index in [4.69, 9.17) is 18.9 Å². The Kier molecular flexibility index (Phi) is 18.2. The van der Waals surface area contributed by atoms with E-state index in [9.17, 15) is 33.6 Å². The number of amides is 4. The molecular formula is C41H56N4O11. The van der Waals surface area contributed by atoms with Crippen LogP contribution in [0.3, 0.4) is 0 Å². The molecule has 2 aromatic carbocycles. The first-order valence-corrected chi connectivity index (χ1v) is 18.4. The summed E-state index contributed by atoms with van der Waals surface area (Å²) >= 11 is 0. The van der Waals surface area contributed by atoms with Crippen LogP contribution in [0.25, 0.3) is 0 Å². The first-order valence-electron chi connectivity index (χ1n) is 18.4. The van der Waals surface area contributed by atoms with Crippen LogP contribution in [0.1, 0.15) is 92.3 Å². The molecule has 0 aliphatic rings. The molecule has 0 saturated carbocycles. The lowest BCUT2D eigenvalue weighted by atomic mass is 10.00. The van der Waals surface area contributed by atoms with E-state index < -0.39 is 89.4 Å². The zero-order valence-electron chi connectivity index (χ0n) is 33.6. The largest absolute Gasteiger partial charge is 0.463 e. The molecule has 15 heteroatoms. The Morgan fingerprint density at radius 2 is 1.21 bits per heavy atom. The zero-order valence-corrected chi connectivity index (χ0v) is 33.6. The summed E-state index contributed by atoms with van der Waals surface area (Å²) < 4.78 is 21.0. The maximum atomic E-state index is 14.1. The van der Waals surface area contributed by atoms with Gasteiger partial charge in [-0.25, -0.2) is 9.59 Å². The van der Waals surface area contributed by atoms with Gasteiger partial charge >= 0.3 is 24.0 Å². The number of hydrogen-bond donors (Lipinski definition) is 4. The number of benzene rings is 2. The van der Waals surface area contributed by atoms with Gasteiger partial charge in [0.25, 0.3) is 0 Å². The van der Waals surface area contributed by atoms with Crippen molar-refractivity contribution in [2.45, 2.75) is 117 Å². The van der Waals surface area contributed by atoms with E-state index in [1.807, 2.05) is 0 Å². The third kappa shape index (κ3) is 18.1. The van der Waals surface area contributed by atoms with E-state index in [0.717, 1.165) is 6.08 Å². The number of carbonyl (C=O) groups excluding carboxylic acids is 7. The molecule has 0 spiro atoms. The van der Waals surface area contributed by atoms with Crippen molar-refractivity contribution < 1.29 is 52.5 Å². The van der Waals surface area contributed by atoms with Crippen molar-refractivity contribution in [3.63, 3.8) is 0 Å². The summed E-state index contributed by atoms with van der Waals surface area (Å²) in [4.78, 5) is 92.2. The van der Waals surface area contributed by atoms with Crippen LogP contribution in [0, 0.1) is 5.92 Å². The molecule has 4 N–H and O–H groups in total. The Morgan fingerprint density at radius 3 is 1.75 bits per heavy atom. The van der Waals surface area contributed by atoms with E-state index in [-0.39, 0.29) is 19.6 Å². The van der Waals surface area contributed by atoms with Crippen LogP contribution in [0.15, 0.2) is 72.8 Å². The Labute approximate surface area is 328 Å². The average molecular weight is 781 g/mol. The summed E-state index contributed by atoms with van der Waals surface area (Å²) in [5.41, 5.74) is -0.701. The molecular weight excluding hydrogens is 724 g/mol. The molecule has 0 radical (unpaired) electrons. The van der Waals surface area contributed by atoms with Gasteiger partial charge in [-0.05, 0) is 65.5 Å². The molecule has 0 saturated heterocycles. The second-order valence-corrected chi connectivity index (χ2v) is 15.1. The van der Waals surface area contributed by atoms with E-state index in [0.29, 0.717) is 11.1 Å². The number of rotatable bonds is 18. The molecule has 56 heavy (non-hydrogen) atoms. The van der Waals surface area contributed by atoms with Crippen molar-refractivity contribution in [2.75, 3.05) is 6.61 Å². The van der Waals surface area contributed by atoms with E-state index in [1.54, 1.807) is 123 Å². The SMILES string of the molecule is CCOC(=O)/C=C/[C@H](CC(=O)OC(C)(C)C)NC(=O)[C@@H](NC(=O)[C@@H](NC(=O)[C@H](CC(=O)OC(C)(C)C)NC(=O)OCc1ccccc1)c1ccccc1)C(C)C. The summed E-state index contributed by atoms with van der Waals surface area (Å²) in [6.45, 7) is 15.0. The summed E-state index contributed by atoms with van der Waals surface area (Å²) in [6.07, 6.45) is 0.464. The van der Waals surface area contributed by atoms with Crippen LogP contribution in [-0.2, 0) is 54.3 Å². The second kappa shape index (κ2) is 22.0. The topological polar surface area (TPSA) is 205 Å². The molecule has 15 nitrogen and oxygen atoms in total. The molecule has 4 atom stereocenters. The quantitative estimate of drug-likeness (QED) is 0.0951. The molecule has 2 aromatic rings. The molecule has 0 aliphatic heterocycles. The molecule has 0 aliphatic carbocycles. The third-order valence-corrected chi connectivity index (χ3v) is 7.43. The lowest BCUT2D eigenvalue weighted by molar-refractivity contribution is -0.157. The highest BCUT2D eigenvalue weighted by molar-refractivity contribution is 5.96. The monoisotopic (exact) mass is 780 g/mol. The lowest BCUT2D eigenvalue weighted by Crippen LogP contribution is -2.56. The van der Waals surface area contributed by atoms with E-state index in [1.165, 1.54) is 6.08 Å². The van der Waals surface area contributed by atoms with E-state index >= 15 is 0 Å². The van der Waals surface area contributed by atoms with Gasteiger partial charge in [-0.15, -0.1) is 0 Å². The Bertz CT molecular complexity index is 1670. The number of ether oxygens (including phenoxy) is 4. The molecule has 0 heterocycles. The average Bonchev–Trinajstić information content (AvgIpc) is 3.09. The Hall–Kier alpha value is -5.73. The van der Waals surface area contributed by atoms with Gasteiger partial charge in [0.05, 0.1) is 25.5 Å². The summed E-state index contributed by atoms with van der Waals surface area (Å²) in [5.74, 6) is -5.05. The van der Waals surface area contributed by atoms with E-state index in [2.05, 4.69) is 21.3 Å². The van der Waals surface area contributed by atoms with Crippen molar-refractivity contribution in [2.24, 2.45) is 5.92 Å². The van der Waals surface area contributed by atoms with Crippen molar-refractivity contribution in [1.29, 1.82) is 0 Å². The highest BCUT2D eigenvalue weighted by Crippen LogP contribution is 2.17. The number of hydrogen-bond acceptors (Lipinski definition) is 11. The normalized spacial score (nSPS) is 13.7. The summed E-state index contributed by atoms with van der Waals surface area (Å²) in [6, 6.07) is 11.8. The fourth-order valence-electron chi connectivity index (χ4n) is 5.01. The number of esters is 3. The summed E-state index contributed by atoms with van der Waals surface area (Å²) in [7, 11) is 0. The van der Waals surface area contributed by atoms with Gasteiger partial charge in [0.2, 0.25) is 17.7 Å². The minimum Gasteiger partial charge on any atom is -0.463 e. The van der Waals surface area contributed by atoms with Crippen LogP contribution < -0.4 is 21.3 Å². The van der Waals surface area contributed by atoms with Crippen molar-refractivity contribution in [3.8, 4) is 0 Å². The van der Waals surface area contributed by atoms with Crippen LogP contribution in [0.5, 0.6) is 0 Å². The molecule has 0 fully saturated rings. The molecule has 0 bridgehead atoms. The van der Waals surface area contributed by atoms with Crippen molar-refractivity contribution >= 4 is 41.7 Å². The highest BCUT2D eigenvalue weighted by atomic mass is 16.6. The highest BCUT2D eigenvalue weighted by Gasteiger charge is 2.34. The smallest absolute Gasteiger partial charge is 0.408 e. The van der Waals surface area contributed by atoms with Gasteiger partial charge in [0.1, 0.15) is 35.9 Å². The lowest BCUT2D eigenvalue weighted by Gasteiger charge is -2.28. The summed E-state index contributed by atoms with van der Waals surface area (Å²) in [5, 5.41) is 10.4. The molecule has 0 unspecified atom stereocenters. The van der Waals surface area contributed by atoms with Gasteiger partial charge < -0.3 is 40.2 Å². The maximum absolute atomic E-state index is 14.1. The minimum absolute atomic E-state index is 0.113. The first-order chi connectivity index (χ1) is 26.2. The van der Waals surface area contributed by atoms with Crippen LogP contribution in [-0.4, -0.2) is 77.7 Å². The predicted octanol–water partition coefficient (Wildman–Crippen LogP) is 4.35. The predicted molar refractivity (Wildman–Crippen MR) is 206 cm³/mol. The number of alkyl carbamates (subject to hydrolysis) is 1. The first kappa shape index (κ1) is 46.4. The van der Waals surface area contributed by atoms with Crippen LogP contribution in [0.2, 0.25) is 0 Å². The van der Waals surface area contributed by atoms with Crippen molar-refractivity contribution in [1.82, 2.24) is 21.3 Å². The molecule has 4 amide bonds. The van der Waals surface area contributed by atoms with Gasteiger partial charge in [-0.2, -0.15) is 0 Å². The fourth-order valence-corrected chi connectivity index (χ4v) is 5.01. The van der Waals surface area contributed by atoms with Gasteiger partial charge in [-0.1, -0.05) is 80.6 Å². The standard InChI is InChI=1S/C41H56N4O11/c1-10-53-31(46)22-21-29(23-32(47)55-40(4,5)6)42-37(50)34(26(2)3)44-38(51)35(28-19-15-12-16-20-28)45-36(49)30(24-33(48)56-41(7,8)9)43-39(52)54-25-27-17-13-11-14-18-27/h11-22,26,29-30,34-35H,10,23-25H2,1-9H3,(H,42,50)(H,43,52)(H,44,51)(H,45,49)/b22-21+/t29-,30+,34+,35+/m1/s1. The molecule has 306 valence electrons.